The first-order valence-corrected chi connectivity index (χ1v) is 5.82. The quantitative estimate of drug-likeness (QED) is 0.371. The van der Waals surface area contributed by atoms with Gasteiger partial charge >= 0.3 is 17.9 Å². The molecule has 0 aromatic heterocycles. The number of nitrogens with one attached hydrogen (secondary N) is 1. The molecule has 0 amide bonds. The van der Waals surface area contributed by atoms with Gasteiger partial charge in [-0.25, -0.2) is 24.2 Å². The number of rotatable bonds is 4. The maximum atomic E-state index is 11.8. The Bertz CT molecular complexity index is 629. The molecule has 0 aliphatic heterocycles. The van der Waals surface area contributed by atoms with Crippen LogP contribution in [0.2, 0.25) is 10.0 Å². The molecule has 0 radical (unpaired) electrons. The number of carbonyl (C=O) groups is 3. The molecule has 0 aliphatic rings. The number of methoxy groups -OCH3 is 1. The average molecular weight is 336 g/mol. The van der Waals surface area contributed by atoms with Crippen molar-refractivity contribution in [2.45, 2.75) is 0 Å². The van der Waals surface area contributed by atoms with Gasteiger partial charge in [0.15, 0.2) is 5.75 Å². The molecule has 0 bridgehead atoms. The molecule has 0 aliphatic carbocycles. The highest BCUT2D eigenvalue weighted by Gasteiger charge is 2.26. The van der Waals surface area contributed by atoms with E-state index in [1.54, 1.807) is 0 Å². The predicted molar refractivity (Wildman–Crippen MR) is 69.9 cm³/mol. The minimum atomic E-state index is -1.84. The van der Waals surface area contributed by atoms with Crippen molar-refractivity contribution in [1.82, 2.24) is 0 Å². The molecule has 0 heterocycles. The van der Waals surface area contributed by atoms with Crippen molar-refractivity contribution in [3.63, 3.8) is 0 Å². The second-order valence-corrected chi connectivity index (χ2v) is 4.17. The molecule has 0 saturated heterocycles. The zero-order valence-corrected chi connectivity index (χ0v) is 11.8. The fourth-order valence-electron chi connectivity index (χ4n) is 1.17. The summed E-state index contributed by atoms with van der Waals surface area (Å²) < 4.78 is 4.88. The number of benzene rings is 1. The summed E-state index contributed by atoms with van der Waals surface area (Å²) in [5, 5.41) is 15.2. The minimum absolute atomic E-state index is 0.0541. The predicted octanol–water partition coefficient (Wildman–Crippen LogP) is 1.72. The van der Waals surface area contributed by atoms with E-state index >= 15 is 0 Å². The molecule has 1 rings (SSSR count). The molecule has 1 aromatic rings. The lowest BCUT2D eigenvalue weighted by atomic mass is 10.2. The number of carbonyl (C=O) groups excluding carboxylic acids is 2. The SMILES string of the molecule is COc1c(Cl)ccc(Cl)c1C(=O)OOC(=O)C(=N)C(=O)O. The Morgan fingerprint density at radius 1 is 1.14 bits per heavy atom. The zero-order chi connectivity index (χ0) is 16.2. The Kier molecular flexibility index (Phi) is 5.51. The van der Waals surface area contributed by atoms with Crippen LogP contribution in [0.25, 0.3) is 0 Å². The van der Waals surface area contributed by atoms with Crippen LogP contribution in [0.4, 0.5) is 0 Å². The van der Waals surface area contributed by atoms with Crippen LogP contribution in [0.15, 0.2) is 12.1 Å². The number of carboxylic acid groups (broad SMARTS) is 1. The number of aliphatic carboxylic acids is 1. The molecule has 2 N–H and O–H groups in total. The Morgan fingerprint density at radius 3 is 2.24 bits per heavy atom. The van der Waals surface area contributed by atoms with Crippen molar-refractivity contribution < 1.29 is 34.0 Å². The molecule has 8 nitrogen and oxygen atoms in total. The Balaban J connectivity index is 2.91. The van der Waals surface area contributed by atoms with Crippen LogP contribution >= 0.6 is 23.2 Å². The molecule has 1 aromatic carbocycles. The summed E-state index contributed by atoms with van der Waals surface area (Å²) in [4.78, 5) is 41.2. The van der Waals surface area contributed by atoms with Crippen molar-refractivity contribution in [3.05, 3.63) is 27.7 Å². The van der Waals surface area contributed by atoms with Crippen molar-refractivity contribution in [2.24, 2.45) is 0 Å². The summed E-state index contributed by atoms with van der Waals surface area (Å²) in [7, 11) is 1.22. The van der Waals surface area contributed by atoms with Crippen molar-refractivity contribution in [3.8, 4) is 5.75 Å². The third-order valence-electron chi connectivity index (χ3n) is 2.08. The van der Waals surface area contributed by atoms with Crippen molar-refractivity contribution >= 4 is 46.8 Å². The number of hydrogen-bond donors (Lipinski definition) is 2. The molecule has 0 saturated carbocycles. The van der Waals surface area contributed by atoms with Gasteiger partial charge in [0.05, 0.1) is 17.2 Å². The average Bonchev–Trinajstić information content (AvgIpc) is 2.45. The van der Waals surface area contributed by atoms with E-state index in [1.807, 2.05) is 0 Å². The van der Waals surface area contributed by atoms with Crippen LogP contribution in [0, 0.1) is 5.41 Å². The van der Waals surface area contributed by atoms with Gasteiger partial charge in [-0.15, -0.1) is 0 Å². The lowest BCUT2D eigenvalue weighted by molar-refractivity contribution is -0.226. The summed E-state index contributed by atoms with van der Waals surface area (Å²) in [5.41, 5.74) is -1.73. The molecule has 10 heteroatoms. The summed E-state index contributed by atoms with van der Waals surface area (Å²) in [6.45, 7) is 0. The maximum Gasteiger partial charge on any atom is 0.411 e. The summed E-state index contributed by atoms with van der Waals surface area (Å²) in [6.07, 6.45) is 0. The maximum absolute atomic E-state index is 11.8. The van der Waals surface area contributed by atoms with Crippen molar-refractivity contribution in [1.29, 1.82) is 5.41 Å². The molecule has 0 unspecified atom stereocenters. The third kappa shape index (κ3) is 3.83. The first-order valence-electron chi connectivity index (χ1n) is 5.06. The number of carboxylic acids is 1. The number of hydrogen-bond acceptors (Lipinski definition) is 7. The van der Waals surface area contributed by atoms with E-state index in [0.717, 1.165) is 0 Å². The normalized spacial score (nSPS) is 9.67. The Hall–Kier alpha value is -2.32. The van der Waals surface area contributed by atoms with Crippen LogP contribution in [-0.4, -0.2) is 35.8 Å². The number of ether oxygens (including phenoxy) is 1. The van der Waals surface area contributed by atoms with Crippen molar-refractivity contribution in [2.75, 3.05) is 7.11 Å². The molecule has 21 heavy (non-hydrogen) atoms. The topological polar surface area (TPSA) is 123 Å². The van der Waals surface area contributed by atoms with Crippen LogP contribution < -0.4 is 4.74 Å². The summed E-state index contributed by atoms with van der Waals surface area (Å²) >= 11 is 11.6. The largest absolute Gasteiger partial charge is 0.494 e. The lowest BCUT2D eigenvalue weighted by Crippen LogP contribution is -2.26. The second kappa shape index (κ2) is 6.91. The van der Waals surface area contributed by atoms with Crippen LogP contribution in [0.1, 0.15) is 10.4 Å². The van der Waals surface area contributed by atoms with E-state index in [1.165, 1.54) is 19.2 Å². The molecular formula is C11H7Cl2NO7. The molecule has 0 fully saturated rings. The van der Waals surface area contributed by atoms with E-state index in [2.05, 4.69) is 9.78 Å². The summed E-state index contributed by atoms with van der Waals surface area (Å²) in [6, 6.07) is 2.65. The highest BCUT2D eigenvalue weighted by Crippen LogP contribution is 2.34. The van der Waals surface area contributed by atoms with Gasteiger partial charge < -0.3 is 9.84 Å². The molecule has 112 valence electrons. The van der Waals surface area contributed by atoms with Gasteiger partial charge in [-0.1, -0.05) is 23.2 Å². The van der Waals surface area contributed by atoms with E-state index in [9.17, 15) is 14.4 Å². The van der Waals surface area contributed by atoms with Gasteiger partial charge in [0.2, 0.25) is 5.71 Å². The van der Waals surface area contributed by atoms with Gasteiger partial charge in [0, 0.05) is 0 Å². The monoisotopic (exact) mass is 335 g/mol. The fourth-order valence-corrected chi connectivity index (χ4v) is 1.63. The second-order valence-electron chi connectivity index (χ2n) is 3.36. The summed E-state index contributed by atoms with van der Waals surface area (Å²) in [5.74, 6) is -4.85. The van der Waals surface area contributed by atoms with E-state index in [0.29, 0.717) is 0 Å². The first kappa shape index (κ1) is 16.7. The van der Waals surface area contributed by atoms with E-state index in [-0.39, 0.29) is 21.4 Å². The molecular weight excluding hydrogens is 329 g/mol. The van der Waals surface area contributed by atoms with Crippen LogP contribution in [0.3, 0.4) is 0 Å². The Morgan fingerprint density at radius 2 is 1.71 bits per heavy atom. The smallest absolute Gasteiger partial charge is 0.411 e. The van der Waals surface area contributed by atoms with Gasteiger partial charge in [-0.3, -0.25) is 5.41 Å². The van der Waals surface area contributed by atoms with Gasteiger partial charge in [0.25, 0.3) is 0 Å². The van der Waals surface area contributed by atoms with E-state index in [4.69, 9.17) is 38.5 Å². The molecule has 0 spiro atoms. The first-order chi connectivity index (χ1) is 9.79. The highest BCUT2D eigenvalue weighted by atomic mass is 35.5. The zero-order valence-electron chi connectivity index (χ0n) is 10.3. The van der Waals surface area contributed by atoms with Crippen LogP contribution in [-0.2, 0) is 19.4 Å². The standard InChI is InChI=1S/C11H7Cl2NO7/c1-19-8-5(13)3-2-4(12)6(8)10(17)20-21-11(18)7(14)9(15)16/h2-3,14H,1H3,(H,15,16). The fraction of sp³-hybridized carbons (Fsp3) is 0.0909. The number of halogens is 2. The molecule has 0 atom stereocenters. The van der Waals surface area contributed by atoms with E-state index < -0.39 is 23.6 Å². The van der Waals surface area contributed by atoms with Gasteiger partial charge in [-0.05, 0) is 12.1 Å². The minimum Gasteiger partial charge on any atom is -0.494 e. The van der Waals surface area contributed by atoms with Gasteiger partial charge in [0.1, 0.15) is 5.56 Å². The van der Waals surface area contributed by atoms with Gasteiger partial charge in [-0.2, -0.15) is 0 Å². The van der Waals surface area contributed by atoms with Crippen LogP contribution in [0.5, 0.6) is 5.75 Å². The third-order valence-corrected chi connectivity index (χ3v) is 2.69. The Labute approximate surface area is 127 Å². The highest BCUT2D eigenvalue weighted by molar-refractivity contribution is 6.61. The lowest BCUT2D eigenvalue weighted by Gasteiger charge is -2.10.